The maximum atomic E-state index is 13.2. The van der Waals surface area contributed by atoms with Crippen molar-refractivity contribution in [3.05, 3.63) is 27.8 Å². The van der Waals surface area contributed by atoms with Gasteiger partial charge in [0, 0.05) is 32.1 Å². The maximum absolute atomic E-state index is 13.2. The molecule has 0 saturated heterocycles. The van der Waals surface area contributed by atoms with Gasteiger partial charge >= 0.3 is 17.9 Å². The molecule has 33 heavy (non-hydrogen) atoms. The molecule has 1 atom stereocenters. The van der Waals surface area contributed by atoms with Crippen molar-refractivity contribution in [1.82, 2.24) is 4.90 Å². The fourth-order valence-electron chi connectivity index (χ4n) is 3.21. The van der Waals surface area contributed by atoms with Gasteiger partial charge in [0.25, 0.3) is 5.91 Å². The molecule has 1 unspecified atom stereocenters. The third-order valence-electron chi connectivity index (χ3n) is 4.57. The van der Waals surface area contributed by atoms with E-state index in [9.17, 15) is 24.3 Å². The number of nitrogen functional groups attached to an aromatic ring is 1. The molecule has 1 rings (SSSR count). The summed E-state index contributed by atoms with van der Waals surface area (Å²) in [6.07, 6.45) is -0.545. The summed E-state index contributed by atoms with van der Waals surface area (Å²) in [5.74, 6) is -2.75. The number of likely N-dealkylation sites (N-methyl/N-ethyl adjacent to an activating group) is 1. The maximum Gasteiger partial charge on any atom is 0.336 e. The summed E-state index contributed by atoms with van der Waals surface area (Å²) >= 11 is 0. The molecule has 0 spiro atoms. The van der Waals surface area contributed by atoms with E-state index < -0.39 is 29.9 Å². The van der Waals surface area contributed by atoms with Crippen molar-refractivity contribution in [2.24, 2.45) is 0 Å². The minimum atomic E-state index is -1.16. The van der Waals surface area contributed by atoms with E-state index in [-0.39, 0.29) is 30.0 Å². The third kappa shape index (κ3) is 9.11. The average Bonchev–Trinajstić information content (AvgIpc) is 2.77. The Morgan fingerprint density at radius 2 is 1.45 bits per heavy atom. The average molecular weight is 469 g/mol. The first-order valence-corrected chi connectivity index (χ1v) is 11.1. The monoisotopic (exact) mass is 468 g/mol. The van der Waals surface area contributed by atoms with Crippen LogP contribution in [0.1, 0.15) is 85.9 Å². The van der Waals surface area contributed by atoms with Gasteiger partial charge in [0.2, 0.25) is 0 Å². The van der Waals surface area contributed by atoms with Gasteiger partial charge in [-0.2, -0.15) is 0 Å². The van der Waals surface area contributed by atoms with Crippen LogP contribution in [-0.2, 0) is 25.5 Å². The quantitative estimate of drug-likeness (QED) is 0.435. The van der Waals surface area contributed by atoms with E-state index in [4.69, 9.17) is 15.2 Å². The summed E-state index contributed by atoms with van der Waals surface area (Å²) < 4.78 is 10.0. The van der Waals surface area contributed by atoms with Crippen molar-refractivity contribution in [2.45, 2.75) is 74.8 Å². The third-order valence-corrected chi connectivity index (χ3v) is 4.57. The minimum Gasteiger partial charge on any atom is -0.478 e. The van der Waals surface area contributed by atoms with Crippen LogP contribution in [0.15, 0.2) is 0 Å². The Morgan fingerprint density at radius 1 is 0.970 bits per heavy atom. The van der Waals surface area contributed by atoms with E-state index in [0.717, 1.165) is 0 Å². The highest BCUT2D eigenvalue weighted by molar-refractivity contribution is 6.04. The number of hydrogen-bond donors (Lipinski definition) is 2. The minimum absolute atomic E-state index is 0.0174. The van der Waals surface area contributed by atoms with Crippen molar-refractivity contribution < 1.29 is 33.8 Å². The number of nitrogens with two attached hydrogens (primary N) is 1. The topological polar surface area (TPSA) is 136 Å². The number of ether oxygens (including phenoxy) is 2. The molecule has 0 bridgehead atoms. The number of carbonyl (C=O) groups is 4. The Morgan fingerprint density at radius 3 is 1.85 bits per heavy atom. The summed E-state index contributed by atoms with van der Waals surface area (Å²) in [6.45, 7) is 15.2. The number of rotatable bonds is 8. The van der Waals surface area contributed by atoms with E-state index in [1.807, 2.05) is 27.7 Å². The fraction of sp³-hybridized carbons (Fsp3) is 0.583. The van der Waals surface area contributed by atoms with Gasteiger partial charge in [-0.05, 0) is 37.0 Å². The molecule has 0 saturated carbocycles. The Balaban J connectivity index is 0. The zero-order valence-corrected chi connectivity index (χ0v) is 21.6. The number of aromatic carboxylic acids is 1. The van der Waals surface area contributed by atoms with Gasteiger partial charge in [0.15, 0.2) is 6.10 Å². The molecule has 9 heteroatoms. The molecule has 1 amide bonds. The summed E-state index contributed by atoms with van der Waals surface area (Å²) in [6, 6.07) is 0. The number of nitrogens with zero attached hydrogens (tertiary/aromatic N) is 1. The number of hydrogen-bond acceptors (Lipinski definition) is 7. The molecule has 0 aromatic heterocycles. The van der Waals surface area contributed by atoms with Gasteiger partial charge in [-0.1, -0.05) is 34.6 Å². The molecular formula is C24H40N2O7. The second-order valence-corrected chi connectivity index (χ2v) is 6.77. The van der Waals surface area contributed by atoms with Crippen LogP contribution in [0.4, 0.5) is 5.69 Å². The lowest BCUT2D eigenvalue weighted by atomic mass is 9.88. The van der Waals surface area contributed by atoms with Crippen LogP contribution in [0.2, 0.25) is 0 Å². The van der Waals surface area contributed by atoms with Gasteiger partial charge in [-0.15, -0.1) is 0 Å². The molecule has 188 valence electrons. The number of anilines is 1. The molecule has 1 aromatic rings. The number of carboxylic acid groups (broad SMARTS) is 1. The zero-order chi connectivity index (χ0) is 26.5. The van der Waals surface area contributed by atoms with Crippen molar-refractivity contribution in [3.8, 4) is 0 Å². The predicted octanol–water partition coefficient (Wildman–Crippen LogP) is 3.77. The van der Waals surface area contributed by atoms with E-state index in [2.05, 4.69) is 0 Å². The lowest BCUT2D eigenvalue weighted by molar-refractivity contribution is -0.156. The van der Waals surface area contributed by atoms with Crippen molar-refractivity contribution >= 4 is 29.5 Å². The molecule has 0 fully saturated rings. The molecule has 0 aliphatic rings. The fourth-order valence-corrected chi connectivity index (χ4v) is 3.21. The first kappa shape index (κ1) is 32.1. The number of amides is 1. The number of benzene rings is 1. The first-order chi connectivity index (χ1) is 15.4. The highest BCUT2D eigenvalue weighted by atomic mass is 16.6. The van der Waals surface area contributed by atoms with Crippen LogP contribution < -0.4 is 5.73 Å². The SMILES string of the molecule is CC.CC.CCc1c(C(=O)O)c(C)c(N)c(C)c1C(=O)N(C)CC(COC(C)=O)OC(C)=O. The Labute approximate surface area is 197 Å². The molecule has 3 N–H and O–H groups in total. The van der Waals surface area contributed by atoms with E-state index in [1.165, 1.54) is 25.8 Å². The van der Waals surface area contributed by atoms with Crippen LogP contribution in [0.25, 0.3) is 0 Å². The molecule has 0 aliphatic heterocycles. The Bertz CT molecular complexity index is 835. The summed E-state index contributed by atoms with van der Waals surface area (Å²) in [7, 11) is 1.49. The lowest BCUT2D eigenvalue weighted by Crippen LogP contribution is -2.40. The smallest absolute Gasteiger partial charge is 0.336 e. The van der Waals surface area contributed by atoms with Gasteiger partial charge in [0.1, 0.15) is 6.61 Å². The Hall–Kier alpha value is -3.10. The highest BCUT2D eigenvalue weighted by Gasteiger charge is 2.28. The molecular weight excluding hydrogens is 428 g/mol. The van der Waals surface area contributed by atoms with Gasteiger partial charge in [-0.25, -0.2) is 4.79 Å². The second-order valence-electron chi connectivity index (χ2n) is 6.77. The van der Waals surface area contributed by atoms with E-state index >= 15 is 0 Å². The summed E-state index contributed by atoms with van der Waals surface area (Å²) in [5.41, 5.74) is 7.84. The predicted molar refractivity (Wildman–Crippen MR) is 129 cm³/mol. The van der Waals surface area contributed by atoms with Crippen LogP contribution in [0.5, 0.6) is 0 Å². The largest absolute Gasteiger partial charge is 0.478 e. The van der Waals surface area contributed by atoms with Crippen LogP contribution in [0, 0.1) is 13.8 Å². The molecule has 0 heterocycles. The van der Waals surface area contributed by atoms with Crippen molar-refractivity contribution in [2.75, 3.05) is 25.9 Å². The molecule has 9 nitrogen and oxygen atoms in total. The van der Waals surface area contributed by atoms with Gasteiger partial charge in [0.05, 0.1) is 12.1 Å². The van der Waals surface area contributed by atoms with Crippen molar-refractivity contribution in [1.29, 1.82) is 0 Å². The number of carbonyl (C=O) groups excluding carboxylic acids is 3. The zero-order valence-electron chi connectivity index (χ0n) is 21.6. The Kier molecular flexibility index (Phi) is 15.2. The van der Waals surface area contributed by atoms with Crippen LogP contribution in [0.3, 0.4) is 0 Å². The van der Waals surface area contributed by atoms with Crippen LogP contribution >= 0.6 is 0 Å². The number of esters is 2. The summed E-state index contributed by atoms with van der Waals surface area (Å²) in [4.78, 5) is 48.6. The summed E-state index contributed by atoms with van der Waals surface area (Å²) in [5, 5.41) is 9.62. The standard InChI is InChI=1S/C20H28N2O7.2C2H6/c1-7-15-16(10(2)18(21)11(3)17(15)20(26)27)19(25)22(6)8-14(29-13(5)24)9-28-12(4)23;2*1-2/h14H,7-9,21H2,1-6H3,(H,26,27);2*1-2H3. The molecule has 0 radical (unpaired) electrons. The van der Waals surface area contributed by atoms with E-state index in [0.29, 0.717) is 23.1 Å². The van der Waals surface area contributed by atoms with Crippen molar-refractivity contribution in [3.63, 3.8) is 0 Å². The first-order valence-electron chi connectivity index (χ1n) is 11.1. The van der Waals surface area contributed by atoms with Crippen LogP contribution in [-0.4, -0.2) is 60.1 Å². The van der Waals surface area contributed by atoms with E-state index in [1.54, 1.807) is 20.8 Å². The number of carboxylic acids is 1. The normalized spacial score (nSPS) is 10.5. The second kappa shape index (κ2) is 15.7. The molecule has 1 aromatic carbocycles. The lowest BCUT2D eigenvalue weighted by Gasteiger charge is -2.26. The van der Waals surface area contributed by atoms with Gasteiger partial charge in [-0.3, -0.25) is 14.4 Å². The highest BCUT2D eigenvalue weighted by Crippen LogP contribution is 2.31. The molecule has 0 aliphatic carbocycles. The van der Waals surface area contributed by atoms with Gasteiger partial charge < -0.3 is 25.2 Å².